The minimum atomic E-state index is -0.324. The molecule has 0 aliphatic rings. The first-order valence-corrected chi connectivity index (χ1v) is 6.92. The SMILES string of the molecule is COc1ccccc1OCCC(=O)Nc1ccc(F)cc1C. The minimum absolute atomic E-state index is 0.189. The van der Waals surface area contributed by atoms with Gasteiger partial charge in [-0.3, -0.25) is 4.79 Å². The van der Waals surface area contributed by atoms with Gasteiger partial charge in [0.15, 0.2) is 11.5 Å². The highest BCUT2D eigenvalue weighted by Crippen LogP contribution is 2.25. The Morgan fingerprint density at radius 1 is 1.18 bits per heavy atom. The molecule has 0 saturated carbocycles. The first-order chi connectivity index (χ1) is 10.6. The van der Waals surface area contributed by atoms with Crippen LogP contribution in [0, 0.1) is 12.7 Å². The number of carbonyl (C=O) groups excluding carboxylic acids is 1. The number of anilines is 1. The lowest BCUT2D eigenvalue weighted by atomic mass is 10.2. The number of ether oxygens (including phenoxy) is 2. The van der Waals surface area contributed by atoms with E-state index in [2.05, 4.69) is 5.32 Å². The van der Waals surface area contributed by atoms with E-state index in [0.717, 1.165) is 0 Å². The predicted octanol–water partition coefficient (Wildman–Crippen LogP) is 3.55. The van der Waals surface area contributed by atoms with Crippen molar-refractivity contribution in [3.05, 3.63) is 53.8 Å². The van der Waals surface area contributed by atoms with Crippen molar-refractivity contribution in [1.82, 2.24) is 0 Å². The number of para-hydroxylation sites is 2. The topological polar surface area (TPSA) is 47.6 Å². The Labute approximate surface area is 128 Å². The van der Waals surface area contributed by atoms with E-state index in [9.17, 15) is 9.18 Å². The standard InChI is InChI=1S/C17H18FNO3/c1-12-11-13(18)7-8-14(12)19-17(20)9-10-22-16-6-4-3-5-15(16)21-2/h3-8,11H,9-10H2,1-2H3,(H,19,20). The molecule has 22 heavy (non-hydrogen) atoms. The highest BCUT2D eigenvalue weighted by molar-refractivity contribution is 5.91. The van der Waals surface area contributed by atoms with Crippen LogP contribution < -0.4 is 14.8 Å². The zero-order valence-electron chi connectivity index (χ0n) is 12.6. The van der Waals surface area contributed by atoms with Crippen molar-refractivity contribution < 1.29 is 18.7 Å². The predicted molar refractivity (Wildman–Crippen MR) is 82.9 cm³/mol. The van der Waals surface area contributed by atoms with Crippen molar-refractivity contribution in [2.45, 2.75) is 13.3 Å². The van der Waals surface area contributed by atoms with Gasteiger partial charge in [-0.1, -0.05) is 12.1 Å². The Kier molecular flexibility index (Phi) is 5.36. The molecule has 0 aromatic heterocycles. The summed E-state index contributed by atoms with van der Waals surface area (Å²) in [5, 5.41) is 2.74. The normalized spacial score (nSPS) is 10.1. The molecule has 2 aromatic rings. The van der Waals surface area contributed by atoms with Crippen LogP contribution in [0.3, 0.4) is 0 Å². The summed E-state index contributed by atoms with van der Waals surface area (Å²) in [6.07, 6.45) is 0.189. The first kappa shape index (κ1) is 15.8. The second-order valence-corrected chi connectivity index (χ2v) is 4.76. The van der Waals surface area contributed by atoms with E-state index in [1.165, 1.54) is 12.1 Å². The van der Waals surface area contributed by atoms with Crippen LogP contribution in [-0.4, -0.2) is 19.6 Å². The van der Waals surface area contributed by atoms with Gasteiger partial charge in [0.25, 0.3) is 0 Å². The average molecular weight is 303 g/mol. The third-order valence-corrected chi connectivity index (χ3v) is 3.12. The van der Waals surface area contributed by atoms with Crippen LogP contribution in [0.4, 0.5) is 10.1 Å². The molecule has 5 heteroatoms. The number of nitrogens with one attached hydrogen (secondary N) is 1. The molecule has 0 unspecified atom stereocenters. The van der Waals surface area contributed by atoms with E-state index in [1.54, 1.807) is 32.2 Å². The van der Waals surface area contributed by atoms with Gasteiger partial charge in [-0.25, -0.2) is 4.39 Å². The molecule has 0 spiro atoms. The number of methoxy groups -OCH3 is 1. The van der Waals surface area contributed by atoms with Crippen LogP contribution in [0.1, 0.15) is 12.0 Å². The second kappa shape index (κ2) is 7.45. The van der Waals surface area contributed by atoms with Crippen LogP contribution in [0.25, 0.3) is 0 Å². The fourth-order valence-electron chi connectivity index (χ4n) is 1.97. The highest BCUT2D eigenvalue weighted by atomic mass is 19.1. The lowest BCUT2D eigenvalue weighted by Gasteiger charge is -2.11. The van der Waals surface area contributed by atoms with Crippen LogP contribution in [0.5, 0.6) is 11.5 Å². The lowest BCUT2D eigenvalue weighted by molar-refractivity contribution is -0.116. The molecule has 0 heterocycles. The fraction of sp³-hybridized carbons (Fsp3) is 0.235. The van der Waals surface area contributed by atoms with Crippen LogP contribution in [0.15, 0.2) is 42.5 Å². The molecular weight excluding hydrogens is 285 g/mol. The van der Waals surface area contributed by atoms with Crippen molar-refractivity contribution in [2.75, 3.05) is 19.0 Å². The molecular formula is C17H18FNO3. The third kappa shape index (κ3) is 4.22. The van der Waals surface area contributed by atoms with Gasteiger partial charge in [0.05, 0.1) is 20.1 Å². The lowest BCUT2D eigenvalue weighted by Crippen LogP contribution is -2.16. The Hall–Kier alpha value is -2.56. The summed E-state index contributed by atoms with van der Waals surface area (Å²) in [6.45, 7) is 1.97. The summed E-state index contributed by atoms with van der Waals surface area (Å²) in [6, 6.07) is 11.5. The number of benzene rings is 2. The summed E-state index contributed by atoms with van der Waals surface area (Å²) in [5.41, 5.74) is 1.28. The molecule has 0 saturated heterocycles. The van der Waals surface area contributed by atoms with Gasteiger partial charge in [-0.15, -0.1) is 0 Å². The largest absolute Gasteiger partial charge is 0.493 e. The summed E-state index contributed by atoms with van der Waals surface area (Å²) in [5.74, 6) is 0.702. The van der Waals surface area contributed by atoms with Crippen molar-refractivity contribution >= 4 is 11.6 Å². The van der Waals surface area contributed by atoms with Gasteiger partial charge in [-0.2, -0.15) is 0 Å². The number of aryl methyl sites for hydroxylation is 1. The number of amides is 1. The molecule has 1 N–H and O–H groups in total. The fourth-order valence-corrected chi connectivity index (χ4v) is 1.97. The molecule has 2 aromatic carbocycles. The number of carbonyl (C=O) groups is 1. The Bertz CT molecular complexity index is 658. The van der Waals surface area contributed by atoms with Crippen LogP contribution >= 0.6 is 0 Å². The van der Waals surface area contributed by atoms with Gasteiger partial charge in [-0.05, 0) is 42.8 Å². The zero-order chi connectivity index (χ0) is 15.9. The van der Waals surface area contributed by atoms with E-state index in [4.69, 9.17) is 9.47 Å². The highest BCUT2D eigenvalue weighted by Gasteiger charge is 2.07. The molecule has 116 valence electrons. The van der Waals surface area contributed by atoms with Gasteiger partial charge in [0.2, 0.25) is 5.91 Å². The van der Waals surface area contributed by atoms with Crippen molar-refractivity contribution in [3.8, 4) is 11.5 Å². The minimum Gasteiger partial charge on any atom is -0.493 e. The number of hydrogen-bond acceptors (Lipinski definition) is 3. The van der Waals surface area contributed by atoms with Gasteiger partial charge >= 0.3 is 0 Å². The van der Waals surface area contributed by atoms with Gasteiger partial charge in [0, 0.05) is 5.69 Å². The Balaban J connectivity index is 1.85. The maximum atomic E-state index is 13.0. The van der Waals surface area contributed by atoms with E-state index in [0.29, 0.717) is 22.7 Å². The molecule has 0 aliphatic carbocycles. The maximum absolute atomic E-state index is 13.0. The smallest absolute Gasteiger partial charge is 0.227 e. The summed E-state index contributed by atoms with van der Waals surface area (Å²) in [7, 11) is 1.56. The van der Waals surface area contributed by atoms with E-state index in [1.807, 2.05) is 12.1 Å². The second-order valence-electron chi connectivity index (χ2n) is 4.76. The average Bonchev–Trinajstić information content (AvgIpc) is 2.50. The zero-order valence-corrected chi connectivity index (χ0v) is 12.6. The van der Waals surface area contributed by atoms with Gasteiger partial charge in [0.1, 0.15) is 5.82 Å². The van der Waals surface area contributed by atoms with E-state index >= 15 is 0 Å². The maximum Gasteiger partial charge on any atom is 0.227 e. The number of halogens is 1. The van der Waals surface area contributed by atoms with E-state index in [-0.39, 0.29) is 24.8 Å². The molecule has 0 bridgehead atoms. The summed E-state index contributed by atoms with van der Waals surface area (Å²) >= 11 is 0. The Morgan fingerprint density at radius 3 is 2.59 bits per heavy atom. The van der Waals surface area contributed by atoms with Crippen LogP contribution in [0.2, 0.25) is 0 Å². The molecule has 4 nitrogen and oxygen atoms in total. The molecule has 1 amide bonds. The molecule has 2 rings (SSSR count). The van der Waals surface area contributed by atoms with Crippen molar-refractivity contribution in [3.63, 3.8) is 0 Å². The molecule has 0 atom stereocenters. The first-order valence-electron chi connectivity index (χ1n) is 6.92. The van der Waals surface area contributed by atoms with Crippen LogP contribution in [-0.2, 0) is 4.79 Å². The summed E-state index contributed by atoms with van der Waals surface area (Å²) in [4.78, 5) is 11.9. The van der Waals surface area contributed by atoms with Crippen molar-refractivity contribution in [1.29, 1.82) is 0 Å². The number of rotatable bonds is 6. The molecule has 0 fully saturated rings. The summed E-state index contributed by atoms with van der Waals surface area (Å²) < 4.78 is 23.7. The Morgan fingerprint density at radius 2 is 1.91 bits per heavy atom. The van der Waals surface area contributed by atoms with E-state index < -0.39 is 0 Å². The quantitative estimate of drug-likeness (QED) is 0.887. The van der Waals surface area contributed by atoms with Gasteiger partial charge < -0.3 is 14.8 Å². The number of hydrogen-bond donors (Lipinski definition) is 1. The third-order valence-electron chi connectivity index (χ3n) is 3.12. The monoisotopic (exact) mass is 303 g/mol. The van der Waals surface area contributed by atoms with Crippen molar-refractivity contribution in [2.24, 2.45) is 0 Å². The molecule has 0 aliphatic heterocycles. The molecule has 0 radical (unpaired) electrons.